The van der Waals surface area contributed by atoms with Crippen molar-refractivity contribution in [2.45, 2.75) is 0 Å². The van der Waals surface area contributed by atoms with Crippen LogP contribution in [0.2, 0.25) is 0 Å². The van der Waals surface area contributed by atoms with E-state index >= 15 is 0 Å². The highest BCUT2D eigenvalue weighted by Gasteiger charge is 2.08. The zero-order valence-corrected chi connectivity index (χ0v) is 5.75. The molecule has 52 valence electrons. The van der Waals surface area contributed by atoms with E-state index in [4.69, 9.17) is 5.41 Å². The van der Waals surface area contributed by atoms with Crippen LogP contribution in [0, 0.1) is 11.3 Å². The van der Waals surface area contributed by atoms with Gasteiger partial charge >= 0.3 is 0 Å². The molecule has 2 heteroatoms. The monoisotopic (exact) mass is 134 g/mol. The second-order valence-corrected chi connectivity index (χ2v) is 2.21. The molecule has 0 fully saturated rings. The molecule has 0 aromatic rings. The van der Waals surface area contributed by atoms with Crippen molar-refractivity contribution in [3.8, 4) is 0 Å². The number of nitrogens with one attached hydrogen (secondary N) is 1. The fourth-order valence-electron chi connectivity index (χ4n) is 0.883. The smallest absolute Gasteiger partial charge is 0.0500 e. The van der Waals surface area contributed by atoms with Gasteiger partial charge in [0.05, 0.1) is 6.54 Å². The molecule has 10 heavy (non-hydrogen) atoms. The van der Waals surface area contributed by atoms with Gasteiger partial charge in [-0.1, -0.05) is 18.2 Å². The van der Waals surface area contributed by atoms with Crippen molar-refractivity contribution >= 4 is 12.4 Å². The van der Waals surface area contributed by atoms with Gasteiger partial charge in [-0.3, -0.25) is 4.99 Å². The number of aliphatic imine (C=N–C) groups is 1. The minimum atomic E-state index is 0.155. The summed E-state index contributed by atoms with van der Waals surface area (Å²) in [4.78, 5) is 3.73. The van der Waals surface area contributed by atoms with Crippen LogP contribution in [-0.2, 0) is 0 Å². The lowest BCUT2D eigenvalue weighted by molar-refractivity contribution is 0.864. The standard InChI is InChI=1S/C8H10N2/c1-10-6-7-4-2-3-5-8(7)9/h2-5,7,9H,1,6H2. The molecule has 0 heterocycles. The summed E-state index contributed by atoms with van der Waals surface area (Å²) in [5.74, 6) is 0.155. The van der Waals surface area contributed by atoms with Gasteiger partial charge in [0.2, 0.25) is 0 Å². The molecule has 0 bridgehead atoms. The van der Waals surface area contributed by atoms with Crippen LogP contribution in [-0.4, -0.2) is 19.0 Å². The molecular weight excluding hydrogens is 124 g/mol. The molecule has 1 N–H and O–H groups in total. The number of hydrogen-bond donors (Lipinski definition) is 1. The van der Waals surface area contributed by atoms with Crippen molar-refractivity contribution < 1.29 is 0 Å². The van der Waals surface area contributed by atoms with Crippen molar-refractivity contribution in [3.63, 3.8) is 0 Å². The van der Waals surface area contributed by atoms with E-state index in [2.05, 4.69) is 11.7 Å². The maximum absolute atomic E-state index is 7.42. The van der Waals surface area contributed by atoms with E-state index in [1.54, 1.807) is 6.08 Å². The summed E-state index contributed by atoms with van der Waals surface area (Å²) in [7, 11) is 0. The van der Waals surface area contributed by atoms with Crippen LogP contribution in [0.5, 0.6) is 0 Å². The molecule has 0 radical (unpaired) electrons. The van der Waals surface area contributed by atoms with Gasteiger partial charge in [-0.2, -0.15) is 0 Å². The van der Waals surface area contributed by atoms with Crippen LogP contribution in [0.3, 0.4) is 0 Å². The maximum atomic E-state index is 7.42. The molecule has 0 amide bonds. The molecule has 1 aliphatic rings. The predicted molar refractivity (Wildman–Crippen MR) is 43.9 cm³/mol. The second kappa shape index (κ2) is 3.11. The molecule has 0 aromatic carbocycles. The van der Waals surface area contributed by atoms with Gasteiger partial charge in [0.1, 0.15) is 0 Å². The zero-order valence-electron chi connectivity index (χ0n) is 5.75. The quantitative estimate of drug-likeness (QED) is 0.555. The van der Waals surface area contributed by atoms with Crippen LogP contribution < -0.4 is 0 Å². The van der Waals surface area contributed by atoms with Gasteiger partial charge in [-0.15, -0.1) is 0 Å². The molecule has 0 spiro atoms. The summed E-state index contributed by atoms with van der Waals surface area (Å²) in [6.07, 6.45) is 7.56. The largest absolute Gasteiger partial charge is 0.305 e. The molecule has 1 atom stereocenters. The number of rotatable bonds is 2. The minimum absolute atomic E-state index is 0.155. The van der Waals surface area contributed by atoms with Crippen molar-refractivity contribution in [3.05, 3.63) is 24.3 Å². The van der Waals surface area contributed by atoms with E-state index in [0.717, 1.165) is 0 Å². The third-order valence-corrected chi connectivity index (χ3v) is 1.46. The number of nitrogens with zero attached hydrogens (tertiary/aromatic N) is 1. The molecule has 0 aliphatic heterocycles. The van der Waals surface area contributed by atoms with Gasteiger partial charge < -0.3 is 5.41 Å². The summed E-state index contributed by atoms with van der Waals surface area (Å²) in [5, 5.41) is 7.42. The molecule has 0 saturated carbocycles. The first kappa shape index (κ1) is 6.93. The Hall–Kier alpha value is -1.18. The van der Waals surface area contributed by atoms with E-state index in [1.807, 2.05) is 18.2 Å². The Morgan fingerprint density at radius 3 is 3.00 bits per heavy atom. The third-order valence-electron chi connectivity index (χ3n) is 1.46. The van der Waals surface area contributed by atoms with Crippen LogP contribution >= 0.6 is 0 Å². The van der Waals surface area contributed by atoms with Gasteiger partial charge in [0.25, 0.3) is 0 Å². The second-order valence-electron chi connectivity index (χ2n) is 2.21. The SMILES string of the molecule is C=NCC1C=CC=CC1=N. The number of hydrogen-bond acceptors (Lipinski definition) is 2. The minimum Gasteiger partial charge on any atom is -0.305 e. The van der Waals surface area contributed by atoms with E-state index in [9.17, 15) is 0 Å². The lowest BCUT2D eigenvalue weighted by Crippen LogP contribution is -2.13. The topological polar surface area (TPSA) is 36.2 Å². The Balaban J connectivity index is 2.60. The molecular formula is C8H10N2. The van der Waals surface area contributed by atoms with Crippen molar-refractivity contribution in [1.29, 1.82) is 5.41 Å². The van der Waals surface area contributed by atoms with Crippen molar-refractivity contribution in [1.82, 2.24) is 0 Å². The van der Waals surface area contributed by atoms with Gasteiger partial charge in [0.15, 0.2) is 0 Å². The fraction of sp³-hybridized carbons (Fsp3) is 0.250. The Morgan fingerprint density at radius 1 is 1.60 bits per heavy atom. The summed E-state index contributed by atoms with van der Waals surface area (Å²) >= 11 is 0. The Morgan fingerprint density at radius 2 is 2.40 bits per heavy atom. The Bertz CT molecular complexity index is 201. The molecule has 2 nitrogen and oxygen atoms in total. The first-order valence-electron chi connectivity index (χ1n) is 3.20. The summed E-state index contributed by atoms with van der Waals surface area (Å²) in [6, 6.07) is 0. The predicted octanol–water partition coefficient (Wildman–Crippen LogP) is 1.45. The third kappa shape index (κ3) is 1.41. The maximum Gasteiger partial charge on any atom is 0.0500 e. The van der Waals surface area contributed by atoms with Gasteiger partial charge in [-0.05, 0) is 12.8 Å². The highest BCUT2D eigenvalue weighted by molar-refractivity contribution is 5.96. The summed E-state index contributed by atoms with van der Waals surface area (Å²) in [5.41, 5.74) is 0.620. The first-order chi connectivity index (χ1) is 4.84. The van der Waals surface area contributed by atoms with E-state index < -0.39 is 0 Å². The highest BCUT2D eigenvalue weighted by atomic mass is 14.7. The summed E-state index contributed by atoms with van der Waals surface area (Å²) < 4.78 is 0. The average molecular weight is 134 g/mol. The van der Waals surface area contributed by atoms with Gasteiger partial charge in [0, 0.05) is 11.6 Å². The molecule has 1 rings (SSSR count). The van der Waals surface area contributed by atoms with Crippen LogP contribution in [0.25, 0.3) is 0 Å². The van der Waals surface area contributed by atoms with E-state index in [0.29, 0.717) is 12.3 Å². The first-order valence-corrected chi connectivity index (χ1v) is 3.20. The molecule has 1 unspecified atom stereocenters. The lowest BCUT2D eigenvalue weighted by Gasteiger charge is -2.09. The Labute approximate surface area is 60.5 Å². The lowest BCUT2D eigenvalue weighted by atomic mass is 9.99. The van der Waals surface area contributed by atoms with E-state index in [-0.39, 0.29) is 5.92 Å². The normalized spacial score (nSPS) is 23.2. The van der Waals surface area contributed by atoms with Crippen LogP contribution in [0.4, 0.5) is 0 Å². The molecule has 0 saturated heterocycles. The van der Waals surface area contributed by atoms with Crippen molar-refractivity contribution in [2.75, 3.05) is 6.54 Å². The highest BCUT2D eigenvalue weighted by Crippen LogP contribution is 2.07. The van der Waals surface area contributed by atoms with Crippen molar-refractivity contribution in [2.24, 2.45) is 10.9 Å². The number of allylic oxidation sites excluding steroid dienone is 3. The average Bonchev–Trinajstić information content (AvgIpc) is 1.94. The Kier molecular flexibility index (Phi) is 2.15. The zero-order chi connectivity index (χ0) is 7.40. The summed E-state index contributed by atoms with van der Waals surface area (Å²) in [6.45, 7) is 4.01. The van der Waals surface area contributed by atoms with Gasteiger partial charge in [-0.25, -0.2) is 0 Å². The van der Waals surface area contributed by atoms with Crippen LogP contribution in [0.15, 0.2) is 29.3 Å². The molecule has 1 aliphatic carbocycles. The van der Waals surface area contributed by atoms with E-state index in [1.165, 1.54) is 0 Å². The fourth-order valence-corrected chi connectivity index (χ4v) is 0.883. The molecule has 0 aromatic heterocycles. The van der Waals surface area contributed by atoms with Crippen LogP contribution in [0.1, 0.15) is 0 Å².